The molecule has 72 valence electrons. The van der Waals surface area contributed by atoms with E-state index in [1.54, 1.807) is 6.20 Å². The molecule has 0 radical (unpaired) electrons. The highest BCUT2D eigenvalue weighted by Crippen LogP contribution is 2.10. The molecule has 0 aliphatic carbocycles. The average molecular weight is 199 g/mol. The summed E-state index contributed by atoms with van der Waals surface area (Å²) >= 11 is 1.38. The summed E-state index contributed by atoms with van der Waals surface area (Å²) in [5, 5.41) is 3.61. The van der Waals surface area contributed by atoms with E-state index in [0.717, 1.165) is 5.01 Å². The average Bonchev–Trinajstić information content (AvgIpc) is 2.47. The van der Waals surface area contributed by atoms with Crippen molar-refractivity contribution in [2.24, 2.45) is 5.73 Å². The molecule has 5 heteroatoms. The van der Waals surface area contributed by atoms with E-state index in [0.29, 0.717) is 11.4 Å². The van der Waals surface area contributed by atoms with Gasteiger partial charge in [0.25, 0.3) is 5.91 Å². The third kappa shape index (κ3) is 3.12. The van der Waals surface area contributed by atoms with Crippen LogP contribution < -0.4 is 11.1 Å². The fraction of sp³-hybridized carbons (Fsp3) is 0.500. The number of nitrogens with two attached hydrogens (primary N) is 1. The van der Waals surface area contributed by atoms with Crippen molar-refractivity contribution in [1.82, 2.24) is 10.3 Å². The summed E-state index contributed by atoms with van der Waals surface area (Å²) < 4.78 is 0. The molecule has 0 saturated heterocycles. The monoisotopic (exact) mass is 199 g/mol. The number of aromatic nitrogens is 1. The van der Waals surface area contributed by atoms with Gasteiger partial charge in [0, 0.05) is 12.6 Å². The van der Waals surface area contributed by atoms with Crippen LogP contribution in [0.2, 0.25) is 0 Å². The molecule has 0 bridgehead atoms. The van der Waals surface area contributed by atoms with Gasteiger partial charge in [0.15, 0.2) is 0 Å². The number of carbonyl (C=O) groups excluding carboxylic acids is 1. The van der Waals surface area contributed by atoms with Crippen molar-refractivity contribution in [2.45, 2.75) is 19.9 Å². The van der Waals surface area contributed by atoms with Crippen molar-refractivity contribution in [1.29, 1.82) is 0 Å². The molecule has 1 rings (SSSR count). The lowest BCUT2D eigenvalue weighted by molar-refractivity contribution is 0.0955. The number of thiazole rings is 1. The van der Waals surface area contributed by atoms with Crippen molar-refractivity contribution in [3.8, 4) is 0 Å². The third-order valence-corrected chi connectivity index (χ3v) is 2.34. The fourth-order valence-electron chi connectivity index (χ4n) is 0.807. The zero-order valence-electron chi connectivity index (χ0n) is 7.70. The maximum Gasteiger partial charge on any atom is 0.263 e. The van der Waals surface area contributed by atoms with Gasteiger partial charge in [-0.15, -0.1) is 11.3 Å². The minimum Gasteiger partial charge on any atom is -0.350 e. The van der Waals surface area contributed by atoms with Crippen LogP contribution in [0, 0.1) is 6.92 Å². The molecule has 0 spiro atoms. The second-order valence-electron chi connectivity index (χ2n) is 2.93. The molecule has 4 nitrogen and oxygen atoms in total. The standard InChI is InChI=1S/C8H13N3OS/c1-5(9)3-11-8(12)7-4-10-6(2)13-7/h4-5H,3,9H2,1-2H3,(H,11,12). The number of aryl methyl sites for hydroxylation is 1. The molecule has 1 unspecified atom stereocenters. The van der Waals surface area contributed by atoms with E-state index < -0.39 is 0 Å². The molecular weight excluding hydrogens is 186 g/mol. The van der Waals surface area contributed by atoms with Crippen LogP contribution in [0.25, 0.3) is 0 Å². The Hall–Kier alpha value is -0.940. The van der Waals surface area contributed by atoms with Gasteiger partial charge >= 0.3 is 0 Å². The van der Waals surface area contributed by atoms with E-state index in [1.165, 1.54) is 11.3 Å². The topological polar surface area (TPSA) is 68.0 Å². The van der Waals surface area contributed by atoms with Crippen molar-refractivity contribution < 1.29 is 4.79 Å². The minimum atomic E-state index is -0.0945. The van der Waals surface area contributed by atoms with Gasteiger partial charge in [-0.25, -0.2) is 4.98 Å². The minimum absolute atomic E-state index is 0.0158. The van der Waals surface area contributed by atoms with E-state index in [-0.39, 0.29) is 11.9 Å². The summed E-state index contributed by atoms with van der Waals surface area (Å²) in [6, 6.07) is -0.0158. The Morgan fingerprint density at radius 3 is 3.00 bits per heavy atom. The molecule has 1 amide bonds. The molecule has 1 atom stereocenters. The van der Waals surface area contributed by atoms with Gasteiger partial charge in [-0.3, -0.25) is 4.79 Å². The van der Waals surface area contributed by atoms with Crippen LogP contribution in [0.15, 0.2) is 6.20 Å². The summed E-state index contributed by atoms with van der Waals surface area (Å²) in [5.41, 5.74) is 5.50. The van der Waals surface area contributed by atoms with Crippen LogP contribution >= 0.6 is 11.3 Å². The van der Waals surface area contributed by atoms with Crippen LogP contribution in [0.1, 0.15) is 21.6 Å². The molecule has 0 fully saturated rings. The predicted molar refractivity (Wildman–Crippen MR) is 52.8 cm³/mol. The lowest BCUT2D eigenvalue weighted by Crippen LogP contribution is -2.34. The summed E-state index contributed by atoms with van der Waals surface area (Å²) in [4.78, 5) is 16.0. The normalized spacial score (nSPS) is 12.5. The maximum atomic E-state index is 11.4. The number of nitrogens with zero attached hydrogens (tertiary/aromatic N) is 1. The number of rotatable bonds is 3. The lowest BCUT2D eigenvalue weighted by Gasteiger charge is -2.05. The van der Waals surface area contributed by atoms with Crippen molar-refractivity contribution in [2.75, 3.05) is 6.54 Å². The first-order valence-electron chi connectivity index (χ1n) is 4.06. The van der Waals surface area contributed by atoms with Gasteiger partial charge in [-0.05, 0) is 13.8 Å². The molecule has 3 N–H and O–H groups in total. The van der Waals surface area contributed by atoms with E-state index in [2.05, 4.69) is 10.3 Å². The van der Waals surface area contributed by atoms with Gasteiger partial charge in [0.1, 0.15) is 4.88 Å². The first-order valence-corrected chi connectivity index (χ1v) is 4.87. The van der Waals surface area contributed by atoms with Crippen molar-refractivity contribution in [3.05, 3.63) is 16.1 Å². The highest BCUT2D eigenvalue weighted by atomic mass is 32.1. The summed E-state index contributed by atoms with van der Waals surface area (Å²) in [6.45, 7) is 4.21. The first kappa shape index (κ1) is 10.1. The van der Waals surface area contributed by atoms with Gasteiger partial charge in [-0.2, -0.15) is 0 Å². The van der Waals surface area contributed by atoms with Gasteiger partial charge < -0.3 is 11.1 Å². The Bertz CT molecular complexity index is 295. The Balaban J connectivity index is 2.49. The third-order valence-electron chi connectivity index (χ3n) is 1.43. The molecule has 0 aromatic carbocycles. The van der Waals surface area contributed by atoms with Crippen LogP contribution in [0.4, 0.5) is 0 Å². The molecule has 0 saturated carbocycles. The molecule has 13 heavy (non-hydrogen) atoms. The fourth-order valence-corrected chi connectivity index (χ4v) is 1.50. The smallest absolute Gasteiger partial charge is 0.263 e. The Morgan fingerprint density at radius 1 is 1.85 bits per heavy atom. The van der Waals surface area contributed by atoms with Crippen LogP contribution in [-0.4, -0.2) is 23.5 Å². The molecule has 0 aliphatic rings. The van der Waals surface area contributed by atoms with E-state index in [9.17, 15) is 4.79 Å². The van der Waals surface area contributed by atoms with Gasteiger partial charge in [-0.1, -0.05) is 0 Å². The van der Waals surface area contributed by atoms with E-state index >= 15 is 0 Å². The largest absolute Gasteiger partial charge is 0.350 e. The summed E-state index contributed by atoms with van der Waals surface area (Å²) in [7, 11) is 0. The van der Waals surface area contributed by atoms with E-state index in [4.69, 9.17) is 5.73 Å². The molecule has 1 aromatic heterocycles. The van der Waals surface area contributed by atoms with Gasteiger partial charge in [0.05, 0.1) is 11.2 Å². The predicted octanol–water partition coefficient (Wildman–Crippen LogP) is 0.529. The summed E-state index contributed by atoms with van der Waals surface area (Å²) in [5.74, 6) is -0.0945. The van der Waals surface area contributed by atoms with Crippen LogP contribution in [-0.2, 0) is 0 Å². The van der Waals surface area contributed by atoms with Crippen molar-refractivity contribution in [3.63, 3.8) is 0 Å². The molecule has 1 aromatic rings. The highest BCUT2D eigenvalue weighted by Gasteiger charge is 2.08. The number of hydrogen-bond acceptors (Lipinski definition) is 4. The second kappa shape index (κ2) is 4.34. The van der Waals surface area contributed by atoms with Crippen LogP contribution in [0.5, 0.6) is 0 Å². The zero-order valence-corrected chi connectivity index (χ0v) is 8.52. The summed E-state index contributed by atoms with van der Waals surface area (Å²) in [6.07, 6.45) is 1.58. The number of nitrogens with one attached hydrogen (secondary N) is 1. The van der Waals surface area contributed by atoms with E-state index in [1.807, 2.05) is 13.8 Å². The SMILES string of the molecule is Cc1ncc(C(=O)NCC(C)N)s1. The number of amides is 1. The van der Waals surface area contributed by atoms with Crippen LogP contribution in [0.3, 0.4) is 0 Å². The van der Waals surface area contributed by atoms with Gasteiger partial charge in [0.2, 0.25) is 0 Å². The number of hydrogen-bond donors (Lipinski definition) is 2. The maximum absolute atomic E-state index is 11.4. The lowest BCUT2D eigenvalue weighted by atomic mass is 10.3. The quantitative estimate of drug-likeness (QED) is 0.746. The highest BCUT2D eigenvalue weighted by molar-refractivity contribution is 7.13. The number of carbonyl (C=O) groups is 1. The Morgan fingerprint density at radius 2 is 2.54 bits per heavy atom. The zero-order chi connectivity index (χ0) is 9.84. The van der Waals surface area contributed by atoms with Crippen molar-refractivity contribution >= 4 is 17.2 Å². The Kier molecular flexibility index (Phi) is 3.39. The molecule has 0 aliphatic heterocycles. The molecular formula is C8H13N3OS. The Labute approximate surface area is 81.2 Å². The second-order valence-corrected chi connectivity index (χ2v) is 4.17. The first-order chi connectivity index (χ1) is 6.09. The molecule has 1 heterocycles.